The molecule has 1 heteroatoms. The van der Waals surface area contributed by atoms with Gasteiger partial charge in [0.15, 0.2) is 0 Å². The second-order valence-corrected chi connectivity index (χ2v) is 3.76. The van der Waals surface area contributed by atoms with Gasteiger partial charge in [0.05, 0.1) is 0 Å². The minimum atomic E-state index is 1.13. The molecular formula is C14H15N. The number of benzene rings is 2. The summed E-state index contributed by atoms with van der Waals surface area (Å²) in [5.41, 5.74) is 4.90. The lowest BCUT2D eigenvalue weighted by atomic mass is 10.1. The highest BCUT2D eigenvalue weighted by molar-refractivity contribution is 5.66. The predicted molar refractivity (Wildman–Crippen MR) is 65.6 cm³/mol. The maximum absolute atomic E-state index is 3.44. The molecule has 0 aliphatic carbocycles. The van der Waals surface area contributed by atoms with Gasteiger partial charge in [-0.3, -0.25) is 0 Å². The number of para-hydroxylation sites is 2. The van der Waals surface area contributed by atoms with Crippen LogP contribution in [0.3, 0.4) is 0 Å². The fourth-order valence-corrected chi connectivity index (χ4v) is 1.68. The monoisotopic (exact) mass is 197 g/mol. The van der Waals surface area contributed by atoms with Crippen molar-refractivity contribution < 1.29 is 0 Å². The molecule has 0 bridgehead atoms. The van der Waals surface area contributed by atoms with E-state index in [4.69, 9.17) is 0 Å². The summed E-state index contributed by atoms with van der Waals surface area (Å²) >= 11 is 0. The van der Waals surface area contributed by atoms with Gasteiger partial charge in [0, 0.05) is 11.4 Å². The second-order valence-electron chi connectivity index (χ2n) is 3.76. The van der Waals surface area contributed by atoms with Crippen molar-refractivity contribution in [2.75, 3.05) is 5.32 Å². The van der Waals surface area contributed by atoms with E-state index in [1.807, 2.05) is 18.2 Å². The highest BCUT2D eigenvalue weighted by Crippen LogP contribution is 2.23. The largest absolute Gasteiger partial charge is 0.355 e. The fraction of sp³-hybridized carbons (Fsp3) is 0.143. The van der Waals surface area contributed by atoms with E-state index in [-0.39, 0.29) is 0 Å². The van der Waals surface area contributed by atoms with Crippen molar-refractivity contribution in [3.63, 3.8) is 0 Å². The van der Waals surface area contributed by atoms with E-state index in [2.05, 4.69) is 49.5 Å². The van der Waals surface area contributed by atoms with Gasteiger partial charge in [-0.05, 0) is 37.1 Å². The third kappa shape index (κ3) is 2.18. The molecule has 0 atom stereocenters. The van der Waals surface area contributed by atoms with Crippen LogP contribution >= 0.6 is 0 Å². The molecule has 1 nitrogen and oxygen atoms in total. The van der Waals surface area contributed by atoms with Crippen LogP contribution in [0.2, 0.25) is 0 Å². The molecule has 0 fully saturated rings. The Morgan fingerprint density at radius 3 is 1.93 bits per heavy atom. The number of anilines is 2. The molecule has 0 aliphatic rings. The van der Waals surface area contributed by atoms with Gasteiger partial charge in [0.1, 0.15) is 0 Å². The maximum Gasteiger partial charge on any atom is 0.0443 e. The SMILES string of the molecule is Cc1cccc(C)c1Nc1ccccc1. The van der Waals surface area contributed by atoms with E-state index < -0.39 is 0 Å². The first-order chi connectivity index (χ1) is 7.27. The summed E-state index contributed by atoms with van der Waals surface area (Å²) < 4.78 is 0. The zero-order valence-electron chi connectivity index (χ0n) is 9.12. The van der Waals surface area contributed by atoms with Gasteiger partial charge in [-0.15, -0.1) is 0 Å². The van der Waals surface area contributed by atoms with Crippen LogP contribution < -0.4 is 5.32 Å². The van der Waals surface area contributed by atoms with E-state index in [0.717, 1.165) is 5.69 Å². The summed E-state index contributed by atoms with van der Waals surface area (Å²) in [7, 11) is 0. The predicted octanol–water partition coefficient (Wildman–Crippen LogP) is 4.05. The lowest BCUT2D eigenvalue weighted by Gasteiger charge is -2.12. The molecule has 0 saturated heterocycles. The minimum absolute atomic E-state index is 1.13. The molecule has 1 N–H and O–H groups in total. The molecule has 0 spiro atoms. The van der Waals surface area contributed by atoms with Gasteiger partial charge in [-0.2, -0.15) is 0 Å². The van der Waals surface area contributed by atoms with E-state index >= 15 is 0 Å². The number of aryl methyl sites for hydroxylation is 2. The third-order valence-corrected chi connectivity index (χ3v) is 2.52. The lowest BCUT2D eigenvalue weighted by Crippen LogP contribution is -1.95. The van der Waals surface area contributed by atoms with Gasteiger partial charge in [0.25, 0.3) is 0 Å². The van der Waals surface area contributed by atoms with Crippen molar-refractivity contribution in [1.82, 2.24) is 0 Å². The highest BCUT2D eigenvalue weighted by Gasteiger charge is 2.01. The van der Waals surface area contributed by atoms with Crippen molar-refractivity contribution in [2.45, 2.75) is 13.8 Å². The third-order valence-electron chi connectivity index (χ3n) is 2.52. The maximum atomic E-state index is 3.44. The Balaban J connectivity index is 2.32. The van der Waals surface area contributed by atoms with Gasteiger partial charge >= 0.3 is 0 Å². The van der Waals surface area contributed by atoms with Crippen molar-refractivity contribution >= 4 is 11.4 Å². The summed E-state index contributed by atoms with van der Waals surface area (Å²) in [6.45, 7) is 4.25. The van der Waals surface area contributed by atoms with Crippen molar-refractivity contribution in [3.05, 3.63) is 59.7 Å². The molecule has 0 unspecified atom stereocenters. The van der Waals surface area contributed by atoms with Gasteiger partial charge in [-0.1, -0.05) is 36.4 Å². The van der Waals surface area contributed by atoms with Gasteiger partial charge < -0.3 is 5.32 Å². The first-order valence-corrected chi connectivity index (χ1v) is 5.15. The van der Waals surface area contributed by atoms with Gasteiger partial charge in [0.2, 0.25) is 0 Å². The van der Waals surface area contributed by atoms with Crippen LogP contribution in [-0.4, -0.2) is 0 Å². The van der Waals surface area contributed by atoms with E-state index in [1.54, 1.807) is 0 Å². The Hall–Kier alpha value is -1.76. The van der Waals surface area contributed by atoms with Gasteiger partial charge in [-0.25, -0.2) is 0 Å². The fourth-order valence-electron chi connectivity index (χ4n) is 1.68. The highest BCUT2D eigenvalue weighted by atomic mass is 14.9. The van der Waals surface area contributed by atoms with Crippen molar-refractivity contribution in [1.29, 1.82) is 0 Å². The molecule has 0 amide bonds. The smallest absolute Gasteiger partial charge is 0.0443 e. The second kappa shape index (κ2) is 4.18. The zero-order valence-corrected chi connectivity index (χ0v) is 9.12. The molecule has 0 saturated carbocycles. The number of rotatable bonds is 2. The van der Waals surface area contributed by atoms with Crippen LogP contribution in [0.25, 0.3) is 0 Å². The number of hydrogen-bond acceptors (Lipinski definition) is 1. The Labute approximate surface area is 90.8 Å². The van der Waals surface area contributed by atoms with Crippen LogP contribution in [0.4, 0.5) is 11.4 Å². The Morgan fingerprint density at radius 2 is 1.33 bits per heavy atom. The van der Waals surface area contributed by atoms with Crippen LogP contribution in [0.15, 0.2) is 48.5 Å². The lowest BCUT2D eigenvalue weighted by molar-refractivity contribution is 1.36. The summed E-state index contributed by atoms with van der Waals surface area (Å²) in [6, 6.07) is 16.6. The molecule has 2 aromatic rings. The molecule has 15 heavy (non-hydrogen) atoms. The Bertz CT molecular complexity index is 426. The standard InChI is InChI=1S/C14H15N/c1-11-7-6-8-12(2)14(11)15-13-9-4-3-5-10-13/h3-10,15H,1-2H3. The molecular weight excluding hydrogens is 182 g/mol. The zero-order chi connectivity index (χ0) is 10.7. The van der Waals surface area contributed by atoms with Crippen LogP contribution in [0.5, 0.6) is 0 Å². The normalized spacial score (nSPS) is 10.0. The van der Waals surface area contributed by atoms with Crippen molar-refractivity contribution in [2.24, 2.45) is 0 Å². The molecule has 0 radical (unpaired) electrons. The number of hydrogen-bond donors (Lipinski definition) is 1. The van der Waals surface area contributed by atoms with E-state index in [0.29, 0.717) is 0 Å². The van der Waals surface area contributed by atoms with Crippen LogP contribution in [0.1, 0.15) is 11.1 Å². The van der Waals surface area contributed by atoms with Crippen LogP contribution in [0, 0.1) is 13.8 Å². The molecule has 2 rings (SSSR count). The summed E-state index contributed by atoms with van der Waals surface area (Å²) in [5.74, 6) is 0. The Morgan fingerprint density at radius 1 is 0.733 bits per heavy atom. The number of nitrogens with one attached hydrogen (secondary N) is 1. The molecule has 76 valence electrons. The molecule has 0 aromatic heterocycles. The van der Waals surface area contributed by atoms with E-state index in [1.165, 1.54) is 16.8 Å². The average molecular weight is 197 g/mol. The molecule has 2 aromatic carbocycles. The van der Waals surface area contributed by atoms with E-state index in [9.17, 15) is 0 Å². The first kappa shape index (κ1) is 9.78. The molecule has 0 heterocycles. The van der Waals surface area contributed by atoms with Crippen LogP contribution in [-0.2, 0) is 0 Å². The topological polar surface area (TPSA) is 12.0 Å². The first-order valence-electron chi connectivity index (χ1n) is 5.15. The molecule has 0 aliphatic heterocycles. The minimum Gasteiger partial charge on any atom is -0.355 e. The summed E-state index contributed by atoms with van der Waals surface area (Å²) in [5, 5.41) is 3.44. The average Bonchev–Trinajstić information content (AvgIpc) is 2.25. The summed E-state index contributed by atoms with van der Waals surface area (Å²) in [4.78, 5) is 0. The quantitative estimate of drug-likeness (QED) is 0.766. The summed E-state index contributed by atoms with van der Waals surface area (Å²) in [6.07, 6.45) is 0. The van der Waals surface area contributed by atoms with Crippen molar-refractivity contribution in [3.8, 4) is 0 Å². The Kier molecular flexibility index (Phi) is 2.72.